The Balaban J connectivity index is 1.65. The van der Waals surface area contributed by atoms with E-state index in [0.717, 1.165) is 24.8 Å². The van der Waals surface area contributed by atoms with E-state index in [-0.39, 0.29) is 10.6 Å². The second kappa shape index (κ2) is 9.77. The van der Waals surface area contributed by atoms with Gasteiger partial charge in [0.2, 0.25) is 10.0 Å². The molecule has 1 N–H and O–H groups in total. The van der Waals surface area contributed by atoms with Crippen molar-refractivity contribution in [3.05, 3.63) is 60.7 Å². The number of sulfonamides is 1. The van der Waals surface area contributed by atoms with Crippen LogP contribution in [0.5, 0.6) is 11.5 Å². The molecule has 30 heavy (non-hydrogen) atoms. The van der Waals surface area contributed by atoms with Gasteiger partial charge in [-0.05, 0) is 61.2 Å². The highest BCUT2D eigenvalue weighted by Gasteiger charge is 2.25. The molecule has 1 aliphatic rings. The van der Waals surface area contributed by atoms with Gasteiger partial charge in [0.05, 0.1) is 12.0 Å². The standard InChI is InChI=1S/C22H26N2O5S/c1-3-7-17-8-13-20(21(16-17)28-2)29-22(25)23-18-9-11-19(12-10-18)30(26,27)24-14-5-4-6-15-24/h3,8-13,16H,1,4-7,14-15H2,2H3,(H,23,25). The first-order valence-corrected chi connectivity index (χ1v) is 11.2. The molecule has 1 saturated heterocycles. The molecule has 0 aliphatic carbocycles. The number of nitrogens with zero attached hydrogens (tertiary/aromatic N) is 1. The van der Waals surface area contributed by atoms with Gasteiger partial charge < -0.3 is 9.47 Å². The minimum Gasteiger partial charge on any atom is -0.493 e. The molecule has 8 heteroatoms. The fourth-order valence-corrected chi connectivity index (χ4v) is 4.81. The number of piperidine rings is 1. The molecule has 7 nitrogen and oxygen atoms in total. The van der Waals surface area contributed by atoms with E-state index < -0.39 is 16.1 Å². The maximum atomic E-state index is 12.7. The van der Waals surface area contributed by atoms with Gasteiger partial charge in [0.25, 0.3) is 0 Å². The predicted octanol–water partition coefficient (Wildman–Crippen LogP) is 4.21. The van der Waals surface area contributed by atoms with Crippen LogP contribution in [0.2, 0.25) is 0 Å². The largest absolute Gasteiger partial charge is 0.493 e. The molecule has 0 atom stereocenters. The molecule has 1 amide bonds. The summed E-state index contributed by atoms with van der Waals surface area (Å²) in [5.74, 6) is 0.722. The molecule has 2 aromatic rings. The summed E-state index contributed by atoms with van der Waals surface area (Å²) in [7, 11) is -2.01. The van der Waals surface area contributed by atoms with Crippen molar-refractivity contribution >= 4 is 21.8 Å². The minimum atomic E-state index is -3.51. The molecule has 160 valence electrons. The van der Waals surface area contributed by atoms with E-state index in [1.165, 1.54) is 23.5 Å². The third kappa shape index (κ3) is 5.20. The number of anilines is 1. The molecule has 1 heterocycles. The summed E-state index contributed by atoms with van der Waals surface area (Å²) in [6.07, 6.45) is 4.56. The van der Waals surface area contributed by atoms with Crippen LogP contribution in [-0.2, 0) is 16.4 Å². The van der Waals surface area contributed by atoms with Crippen LogP contribution in [0.3, 0.4) is 0 Å². The molecule has 0 aromatic heterocycles. The van der Waals surface area contributed by atoms with E-state index in [4.69, 9.17) is 9.47 Å². The van der Waals surface area contributed by atoms with Crippen LogP contribution < -0.4 is 14.8 Å². The summed E-state index contributed by atoms with van der Waals surface area (Å²) in [6.45, 7) is 4.79. The van der Waals surface area contributed by atoms with Crippen molar-refractivity contribution in [1.82, 2.24) is 4.31 Å². The number of carbonyl (C=O) groups excluding carboxylic acids is 1. The average Bonchev–Trinajstić information content (AvgIpc) is 2.76. The van der Waals surface area contributed by atoms with Crippen LogP contribution in [-0.4, -0.2) is 39.0 Å². The Bertz CT molecular complexity index is 997. The van der Waals surface area contributed by atoms with E-state index in [9.17, 15) is 13.2 Å². The Morgan fingerprint density at radius 2 is 1.80 bits per heavy atom. The number of hydrogen-bond donors (Lipinski definition) is 1. The van der Waals surface area contributed by atoms with Gasteiger partial charge >= 0.3 is 6.09 Å². The van der Waals surface area contributed by atoms with Crippen molar-refractivity contribution in [2.45, 2.75) is 30.6 Å². The Hall–Kier alpha value is -2.84. The van der Waals surface area contributed by atoms with Gasteiger partial charge in [-0.2, -0.15) is 4.31 Å². The first kappa shape index (κ1) is 21.9. The lowest BCUT2D eigenvalue weighted by molar-refractivity contribution is 0.213. The molecule has 3 rings (SSSR count). The van der Waals surface area contributed by atoms with Crippen molar-refractivity contribution < 1.29 is 22.7 Å². The van der Waals surface area contributed by atoms with Crippen LogP contribution in [0, 0.1) is 0 Å². The number of methoxy groups -OCH3 is 1. The van der Waals surface area contributed by atoms with Crippen LogP contribution >= 0.6 is 0 Å². The van der Waals surface area contributed by atoms with Gasteiger partial charge in [-0.25, -0.2) is 13.2 Å². The number of nitrogens with one attached hydrogen (secondary N) is 1. The molecule has 2 aromatic carbocycles. The summed E-state index contributed by atoms with van der Waals surface area (Å²) in [5.41, 5.74) is 1.42. The normalized spacial score (nSPS) is 14.7. The van der Waals surface area contributed by atoms with E-state index in [1.807, 2.05) is 6.07 Å². The van der Waals surface area contributed by atoms with Crippen molar-refractivity contribution in [3.63, 3.8) is 0 Å². The Morgan fingerprint density at radius 3 is 2.43 bits per heavy atom. The number of allylic oxidation sites excluding steroid dienone is 1. The van der Waals surface area contributed by atoms with Crippen molar-refractivity contribution in [2.24, 2.45) is 0 Å². The number of hydrogen-bond acceptors (Lipinski definition) is 5. The van der Waals surface area contributed by atoms with Crippen molar-refractivity contribution in [1.29, 1.82) is 0 Å². The summed E-state index contributed by atoms with van der Waals surface area (Å²) in [4.78, 5) is 12.5. The van der Waals surface area contributed by atoms with Crippen LogP contribution in [0.4, 0.5) is 10.5 Å². The highest BCUT2D eigenvalue weighted by atomic mass is 32.2. The Kier molecular flexibility index (Phi) is 7.12. The third-order valence-corrected chi connectivity index (χ3v) is 6.78. The summed E-state index contributed by atoms with van der Waals surface area (Å²) in [6, 6.07) is 11.3. The zero-order chi connectivity index (χ0) is 21.6. The summed E-state index contributed by atoms with van der Waals surface area (Å²) in [5, 5.41) is 2.60. The predicted molar refractivity (Wildman–Crippen MR) is 116 cm³/mol. The van der Waals surface area contributed by atoms with Gasteiger partial charge in [-0.1, -0.05) is 18.6 Å². The molecule has 0 bridgehead atoms. The average molecular weight is 431 g/mol. The maximum Gasteiger partial charge on any atom is 0.417 e. The van der Waals surface area contributed by atoms with E-state index in [0.29, 0.717) is 30.9 Å². The van der Waals surface area contributed by atoms with Gasteiger partial charge in [0, 0.05) is 18.8 Å². The van der Waals surface area contributed by atoms with Gasteiger partial charge in [0.1, 0.15) is 0 Å². The second-order valence-corrected chi connectivity index (χ2v) is 8.92. The lowest BCUT2D eigenvalue weighted by Gasteiger charge is -2.25. The quantitative estimate of drug-likeness (QED) is 0.665. The lowest BCUT2D eigenvalue weighted by atomic mass is 10.1. The van der Waals surface area contributed by atoms with Gasteiger partial charge in [-0.15, -0.1) is 6.58 Å². The fraction of sp³-hybridized carbons (Fsp3) is 0.318. The molecular weight excluding hydrogens is 404 g/mol. The van der Waals surface area contributed by atoms with Crippen LogP contribution in [0.15, 0.2) is 60.0 Å². The molecule has 1 fully saturated rings. The lowest BCUT2D eigenvalue weighted by Crippen LogP contribution is -2.35. The number of ether oxygens (including phenoxy) is 2. The minimum absolute atomic E-state index is 0.211. The third-order valence-electron chi connectivity index (χ3n) is 4.86. The highest BCUT2D eigenvalue weighted by Crippen LogP contribution is 2.29. The monoisotopic (exact) mass is 430 g/mol. The number of rotatable bonds is 7. The second-order valence-electron chi connectivity index (χ2n) is 6.98. The maximum absolute atomic E-state index is 12.7. The summed E-state index contributed by atoms with van der Waals surface area (Å²) >= 11 is 0. The van der Waals surface area contributed by atoms with E-state index in [1.54, 1.807) is 30.3 Å². The Morgan fingerprint density at radius 1 is 1.10 bits per heavy atom. The molecule has 1 aliphatic heterocycles. The van der Waals surface area contributed by atoms with Crippen LogP contribution in [0.1, 0.15) is 24.8 Å². The number of amides is 1. The first-order valence-electron chi connectivity index (χ1n) is 9.81. The Labute approximate surface area is 177 Å². The topological polar surface area (TPSA) is 84.9 Å². The highest BCUT2D eigenvalue weighted by molar-refractivity contribution is 7.89. The zero-order valence-corrected chi connectivity index (χ0v) is 17.8. The van der Waals surface area contributed by atoms with Crippen LogP contribution in [0.25, 0.3) is 0 Å². The fourth-order valence-electron chi connectivity index (χ4n) is 3.30. The molecule has 0 spiro atoms. The number of benzene rings is 2. The zero-order valence-electron chi connectivity index (χ0n) is 17.0. The van der Waals surface area contributed by atoms with Crippen molar-refractivity contribution in [3.8, 4) is 11.5 Å². The molecule has 0 saturated carbocycles. The van der Waals surface area contributed by atoms with Gasteiger partial charge in [0.15, 0.2) is 11.5 Å². The summed E-state index contributed by atoms with van der Waals surface area (Å²) < 4.78 is 37.5. The SMILES string of the molecule is C=CCc1ccc(OC(=O)Nc2ccc(S(=O)(=O)N3CCCCC3)cc2)c(OC)c1. The molecular formula is C22H26N2O5S. The van der Waals surface area contributed by atoms with E-state index >= 15 is 0 Å². The molecule has 0 unspecified atom stereocenters. The van der Waals surface area contributed by atoms with Gasteiger partial charge in [-0.3, -0.25) is 5.32 Å². The van der Waals surface area contributed by atoms with E-state index in [2.05, 4.69) is 11.9 Å². The smallest absolute Gasteiger partial charge is 0.417 e. The number of carbonyl (C=O) groups is 1. The first-order chi connectivity index (χ1) is 14.4. The molecule has 0 radical (unpaired) electrons. The van der Waals surface area contributed by atoms with Crippen molar-refractivity contribution in [2.75, 3.05) is 25.5 Å².